The number of hydrogen-bond acceptors (Lipinski definition) is 4. The van der Waals surface area contributed by atoms with Crippen LogP contribution in [0.3, 0.4) is 0 Å². The lowest BCUT2D eigenvalue weighted by Crippen LogP contribution is -2.10. The van der Waals surface area contributed by atoms with Crippen LogP contribution in [0.15, 0.2) is 69.9 Å². The lowest BCUT2D eigenvalue weighted by Gasteiger charge is -2.13. The third kappa shape index (κ3) is 4.12. The van der Waals surface area contributed by atoms with Gasteiger partial charge in [0, 0.05) is 26.2 Å². The SMILES string of the molecule is COc1ccc(-c2oc3ccc(Cl)cc3c(=O)c2OCc2ccc(Cl)cc2Cl)cc1. The predicted octanol–water partition coefficient (Wildman–Crippen LogP) is 7.01. The molecule has 4 nitrogen and oxygen atoms in total. The topological polar surface area (TPSA) is 48.7 Å². The first-order valence-corrected chi connectivity index (χ1v) is 10.1. The minimum atomic E-state index is -0.324. The van der Waals surface area contributed by atoms with Gasteiger partial charge in [0.05, 0.1) is 12.5 Å². The summed E-state index contributed by atoms with van der Waals surface area (Å²) >= 11 is 18.3. The van der Waals surface area contributed by atoms with E-state index < -0.39 is 0 Å². The fraction of sp³-hybridized carbons (Fsp3) is 0.0870. The molecule has 0 radical (unpaired) electrons. The van der Waals surface area contributed by atoms with Gasteiger partial charge in [0.1, 0.15) is 17.9 Å². The Morgan fingerprint density at radius 2 is 1.60 bits per heavy atom. The molecule has 0 N–H and O–H groups in total. The molecular weight excluding hydrogens is 447 g/mol. The van der Waals surface area contributed by atoms with Gasteiger partial charge in [0.15, 0.2) is 5.76 Å². The Kier molecular flexibility index (Phi) is 5.91. The fourth-order valence-corrected chi connectivity index (χ4v) is 3.64. The Bertz CT molecular complexity index is 1280. The van der Waals surface area contributed by atoms with Gasteiger partial charge in [-0.15, -0.1) is 0 Å². The molecule has 0 atom stereocenters. The number of halogens is 3. The summed E-state index contributed by atoms with van der Waals surface area (Å²) in [4.78, 5) is 13.2. The molecule has 1 aromatic heterocycles. The highest BCUT2D eigenvalue weighted by atomic mass is 35.5. The molecule has 0 aliphatic carbocycles. The molecule has 30 heavy (non-hydrogen) atoms. The first kappa shape index (κ1) is 20.6. The molecule has 0 spiro atoms. The van der Waals surface area contributed by atoms with Crippen LogP contribution in [0.1, 0.15) is 5.56 Å². The van der Waals surface area contributed by atoms with Gasteiger partial charge < -0.3 is 13.9 Å². The Morgan fingerprint density at radius 1 is 0.900 bits per heavy atom. The Morgan fingerprint density at radius 3 is 2.30 bits per heavy atom. The molecule has 0 aliphatic rings. The normalized spacial score (nSPS) is 10.9. The number of ether oxygens (including phenoxy) is 2. The molecular formula is C23H15Cl3O4. The van der Waals surface area contributed by atoms with Gasteiger partial charge in [-0.25, -0.2) is 0 Å². The highest BCUT2D eigenvalue weighted by Crippen LogP contribution is 2.33. The standard InChI is InChI=1S/C23H15Cl3O4/c1-28-17-7-3-13(4-8-17)22-23(29-12-14-2-5-16(25)11-19(14)26)21(27)18-10-15(24)6-9-20(18)30-22/h2-11H,12H2,1H3. The predicted molar refractivity (Wildman–Crippen MR) is 120 cm³/mol. The smallest absolute Gasteiger partial charge is 0.235 e. The van der Waals surface area contributed by atoms with Crippen molar-refractivity contribution in [1.82, 2.24) is 0 Å². The average Bonchev–Trinajstić information content (AvgIpc) is 2.74. The molecule has 0 amide bonds. The summed E-state index contributed by atoms with van der Waals surface area (Å²) in [6.45, 7) is 0.0655. The summed E-state index contributed by atoms with van der Waals surface area (Å²) in [6.07, 6.45) is 0. The second-order valence-corrected chi connectivity index (χ2v) is 7.76. The third-order valence-corrected chi connectivity index (χ3v) is 5.37. The molecule has 152 valence electrons. The van der Waals surface area contributed by atoms with Gasteiger partial charge in [0.25, 0.3) is 0 Å². The Labute approximate surface area is 187 Å². The van der Waals surface area contributed by atoms with Gasteiger partial charge in [-0.2, -0.15) is 0 Å². The zero-order valence-electron chi connectivity index (χ0n) is 15.7. The quantitative estimate of drug-likeness (QED) is 0.321. The molecule has 3 aromatic carbocycles. The summed E-state index contributed by atoms with van der Waals surface area (Å²) in [5.74, 6) is 1.06. The van der Waals surface area contributed by atoms with Crippen LogP contribution in [-0.2, 0) is 6.61 Å². The molecule has 0 unspecified atom stereocenters. The zero-order chi connectivity index (χ0) is 21.3. The van der Waals surface area contributed by atoms with E-state index >= 15 is 0 Å². The highest BCUT2D eigenvalue weighted by Gasteiger charge is 2.19. The molecule has 4 rings (SSSR count). The van der Waals surface area contributed by atoms with Crippen molar-refractivity contribution >= 4 is 45.8 Å². The van der Waals surface area contributed by atoms with Crippen molar-refractivity contribution in [2.75, 3.05) is 7.11 Å². The van der Waals surface area contributed by atoms with Crippen molar-refractivity contribution in [3.8, 4) is 22.8 Å². The van der Waals surface area contributed by atoms with Crippen molar-refractivity contribution in [2.45, 2.75) is 6.61 Å². The summed E-state index contributed by atoms with van der Waals surface area (Å²) in [6, 6.07) is 17.1. The van der Waals surface area contributed by atoms with Crippen LogP contribution in [-0.4, -0.2) is 7.11 Å². The van der Waals surface area contributed by atoms with Crippen LogP contribution >= 0.6 is 34.8 Å². The number of benzene rings is 3. The van der Waals surface area contributed by atoms with Gasteiger partial charge >= 0.3 is 0 Å². The summed E-state index contributed by atoms with van der Waals surface area (Å²) in [7, 11) is 1.58. The van der Waals surface area contributed by atoms with Gasteiger partial charge in [-0.3, -0.25) is 4.79 Å². The van der Waals surface area contributed by atoms with Gasteiger partial charge in [0.2, 0.25) is 11.2 Å². The zero-order valence-corrected chi connectivity index (χ0v) is 18.0. The third-order valence-electron chi connectivity index (χ3n) is 4.55. The average molecular weight is 462 g/mol. The van der Waals surface area contributed by atoms with Crippen LogP contribution in [0.2, 0.25) is 15.1 Å². The van der Waals surface area contributed by atoms with E-state index in [0.29, 0.717) is 48.7 Å². The van der Waals surface area contributed by atoms with Crippen molar-refractivity contribution in [3.05, 3.63) is 91.5 Å². The van der Waals surface area contributed by atoms with E-state index in [0.717, 1.165) is 0 Å². The number of fused-ring (bicyclic) bond motifs is 1. The van der Waals surface area contributed by atoms with E-state index in [1.54, 1.807) is 67.8 Å². The first-order chi connectivity index (χ1) is 14.5. The summed E-state index contributed by atoms with van der Waals surface area (Å²) < 4.78 is 17.2. The second-order valence-electron chi connectivity index (χ2n) is 6.48. The molecule has 4 aromatic rings. The molecule has 0 aliphatic heterocycles. The van der Waals surface area contributed by atoms with E-state index in [4.69, 9.17) is 48.7 Å². The maximum atomic E-state index is 13.2. The highest BCUT2D eigenvalue weighted by molar-refractivity contribution is 6.35. The van der Waals surface area contributed by atoms with E-state index in [-0.39, 0.29) is 17.8 Å². The van der Waals surface area contributed by atoms with Crippen molar-refractivity contribution in [3.63, 3.8) is 0 Å². The van der Waals surface area contributed by atoms with Gasteiger partial charge in [-0.1, -0.05) is 40.9 Å². The van der Waals surface area contributed by atoms with Crippen LogP contribution in [0.25, 0.3) is 22.3 Å². The summed E-state index contributed by atoms with van der Waals surface area (Å²) in [5.41, 5.74) is 1.44. The van der Waals surface area contributed by atoms with Crippen molar-refractivity contribution in [2.24, 2.45) is 0 Å². The minimum Gasteiger partial charge on any atom is -0.497 e. The largest absolute Gasteiger partial charge is 0.497 e. The maximum Gasteiger partial charge on any atom is 0.235 e. The Hall–Kier alpha value is -2.66. The van der Waals surface area contributed by atoms with Crippen LogP contribution in [0.5, 0.6) is 11.5 Å². The van der Waals surface area contributed by atoms with Crippen molar-refractivity contribution < 1.29 is 13.9 Å². The van der Waals surface area contributed by atoms with E-state index in [1.807, 2.05) is 0 Å². The second kappa shape index (κ2) is 8.60. The molecule has 1 heterocycles. The Balaban J connectivity index is 1.83. The first-order valence-electron chi connectivity index (χ1n) is 8.94. The number of rotatable bonds is 5. The van der Waals surface area contributed by atoms with Crippen molar-refractivity contribution in [1.29, 1.82) is 0 Å². The van der Waals surface area contributed by atoms with Crippen LogP contribution in [0.4, 0.5) is 0 Å². The van der Waals surface area contributed by atoms with Gasteiger partial charge in [-0.05, 0) is 54.6 Å². The lowest BCUT2D eigenvalue weighted by atomic mass is 10.1. The van der Waals surface area contributed by atoms with E-state index in [1.165, 1.54) is 0 Å². The monoisotopic (exact) mass is 460 g/mol. The molecule has 0 saturated carbocycles. The summed E-state index contributed by atoms with van der Waals surface area (Å²) in [5, 5.41) is 1.72. The molecule has 0 saturated heterocycles. The molecule has 7 heteroatoms. The van der Waals surface area contributed by atoms with E-state index in [9.17, 15) is 4.79 Å². The number of methoxy groups -OCH3 is 1. The number of hydrogen-bond donors (Lipinski definition) is 0. The minimum absolute atomic E-state index is 0.0655. The lowest BCUT2D eigenvalue weighted by molar-refractivity contribution is 0.298. The fourth-order valence-electron chi connectivity index (χ4n) is 3.00. The van der Waals surface area contributed by atoms with E-state index in [2.05, 4.69) is 0 Å². The molecule has 0 bridgehead atoms. The molecule has 0 fully saturated rings. The van der Waals surface area contributed by atoms with Crippen LogP contribution < -0.4 is 14.9 Å². The van der Waals surface area contributed by atoms with Crippen LogP contribution in [0, 0.1) is 0 Å². The maximum absolute atomic E-state index is 13.2.